The number of hydrogen-bond donors (Lipinski definition) is 2. The summed E-state index contributed by atoms with van der Waals surface area (Å²) in [5.74, 6) is -0.470. The van der Waals surface area contributed by atoms with Crippen LogP contribution in [0.2, 0.25) is 0 Å². The van der Waals surface area contributed by atoms with Crippen molar-refractivity contribution in [3.63, 3.8) is 0 Å². The van der Waals surface area contributed by atoms with E-state index in [0.717, 1.165) is 54.1 Å². The quantitative estimate of drug-likeness (QED) is 0.408. The van der Waals surface area contributed by atoms with Crippen LogP contribution < -0.4 is 11.1 Å². The zero-order chi connectivity index (χ0) is 24.9. The minimum absolute atomic E-state index is 0.0708. The Hall–Kier alpha value is -4.23. The molecule has 4 aromatic rings. The number of carbonyl (C=O) groups excluding carboxylic acids is 2. The van der Waals surface area contributed by atoms with Crippen LogP contribution in [-0.2, 0) is 11.3 Å². The predicted octanol–water partition coefficient (Wildman–Crippen LogP) is 4.49. The minimum atomic E-state index is -0.217. The van der Waals surface area contributed by atoms with Crippen LogP contribution in [0.15, 0.2) is 91.1 Å². The summed E-state index contributed by atoms with van der Waals surface area (Å²) in [4.78, 5) is 26.8. The highest BCUT2D eigenvalue weighted by Gasteiger charge is 2.23. The number of benzene rings is 3. The average Bonchev–Trinajstić information content (AvgIpc) is 3.41. The number of carbonyl (C=O) groups is 2. The molecule has 1 saturated heterocycles. The molecule has 0 bridgehead atoms. The van der Waals surface area contributed by atoms with Gasteiger partial charge in [-0.3, -0.25) is 14.5 Å². The first kappa shape index (κ1) is 23.5. The number of nitrogens with two attached hydrogens (primary N) is 1. The number of aromatic nitrogens is 2. The fourth-order valence-corrected chi connectivity index (χ4v) is 4.70. The summed E-state index contributed by atoms with van der Waals surface area (Å²) in [5.41, 5.74) is 10.7. The highest BCUT2D eigenvalue weighted by molar-refractivity contribution is 6.04. The molecule has 1 aliphatic heterocycles. The van der Waals surface area contributed by atoms with Crippen LogP contribution >= 0.6 is 0 Å². The Bertz CT molecular complexity index is 1350. The van der Waals surface area contributed by atoms with Gasteiger partial charge in [0.25, 0.3) is 5.91 Å². The maximum atomic E-state index is 13.0. The molecule has 7 heteroatoms. The standard InChI is InChI=1S/C29H29N5O2/c30-28(35)24-9-5-17-33(20-24)19-21-11-13-25(14-12-21)32-29(36)23-8-4-10-26(18-23)34-27(15-16-31-34)22-6-2-1-3-7-22/h1-4,6-8,10-16,18,24H,5,9,17,19-20H2,(H2,30,35)(H,32,36). The number of anilines is 1. The molecule has 3 aromatic carbocycles. The van der Waals surface area contributed by atoms with Crippen molar-refractivity contribution in [2.75, 3.05) is 18.4 Å². The van der Waals surface area contributed by atoms with Crippen molar-refractivity contribution >= 4 is 17.5 Å². The highest BCUT2D eigenvalue weighted by atomic mass is 16.2. The molecule has 182 valence electrons. The SMILES string of the molecule is NC(=O)C1CCCN(Cc2ccc(NC(=O)c3cccc(-n4nccc4-c4ccccc4)c3)cc2)C1. The van der Waals surface area contributed by atoms with Crippen LogP contribution in [0.1, 0.15) is 28.8 Å². The molecule has 0 aliphatic carbocycles. The topological polar surface area (TPSA) is 93.3 Å². The van der Waals surface area contributed by atoms with E-state index in [0.29, 0.717) is 12.1 Å². The molecule has 1 fully saturated rings. The Balaban J connectivity index is 1.25. The summed E-state index contributed by atoms with van der Waals surface area (Å²) in [7, 11) is 0. The molecule has 1 aromatic heterocycles. The molecule has 36 heavy (non-hydrogen) atoms. The van der Waals surface area contributed by atoms with Gasteiger partial charge < -0.3 is 11.1 Å². The average molecular weight is 480 g/mol. The lowest BCUT2D eigenvalue weighted by Gasteiger charge is -2.31. The van der Waals surface area contributed by atoms with E-state index in [1.807, 2.05) is 83.5 Å². The normalized spacial score (nSPS) is 15.9. The number of amides is 2. The molecule has 0 radical (unpaired) electrons. The number of primary amides is 1. The third-order valence-corrected chi connectivity index (χ3v) is 6.59. The minimum Gasteiger partial charge on any atom is -0.369 e. The lowest BCUT2D eigenvalue weighted by Crippen LogP contribution is -2.40. The van der Waals surface area contributed by atoms with Crippen LogP contribution in [0.3, 0.4) is 0 Å². The summed E-state index contributed by atoms with van der Waals surface area (Å²) in [5, 5.41) is 7.46. The van der Waals surface area contributed by atoms with Crippen LogP contribution in [0.5, 0.6) is 0 Å². The van der Waals surface area contributed by atoms with Gasteiger partial charge in [0, 0.05) is 29.9 Å². The molecule has 2 amide bonds. The van der Waals surface area contributed by atoms with E-state index in [9.17, 15) is 9.59 Å². The van der Waals surface area contributed by atoms with Gasteiger partial charge in [0.2, 0.25) is 5.91 Å². The van der Waals surface area contributed by atoms with E-state index in [2.05, 4.69) is 15.3 Å². The Morgan fingerprint density at radius 3 is 2.56 bits per heavy atom. The molecule has 5 rings (SSSR count). The zero-order valence-corrected chi connectivity index (χ0v) is 20.0. The maximum Gasteiger partial charge on any atom is 0.255 e. The van der Waals surface area contributed by atoms with Gasteiger partial charge in [-0.1, -0.05) is 48.5 Å². The van der Waals surface area contributed by atoms with Gasteiger partial charge in [-0.25, -0.2) is 4.68 Å². The number of likely N-dealkylation sites (tertiary alicyclic amines) is 1. The van der Waals surface area contributed by atoms with Crippen LogP contribution in [0.4, 0.5) is 5.69 Å². The Kier molecular flexibility index (Phi) is 6.91. The third kappa shape index (κ3) is 5.37. The van der Waals surface area contributed by atoms with E-state index >= 15 is 0 Å². The molecule has 7 nitrogen and oxygen atoms in total. The van der Waals surface area contributed by atoms with Gasteiger partial charge in [-0.15, -0.1) is 0 Å². The smallest absolute Gasteiger partial charge is 0.255 e. The summed E-state index contributed by atoms with van der Waals surface area (Å²) in [6.45, 7) is 2.42. The number of rotatable bonds is 7. The predicted molar refractivity (Wildman–Crippen MR) is 141 cm³/mol. The molecule has 0 saturated carbocycles. The van der Waals surface area contributed by atoms with E-state index in [-0.39, 0.29) is 17.7 Å². The van der Waals surface area contributed by atoms with Crippen molar-refractivity contribution in [3.8, 4) is 16.9 Å². The number of nitrogens with one attached hydrogen (secondary N) is 1. The molecule has 0 spiro atoms. The van der Waals surface area contributed by atoms with Gasteiger partial charge in [-0.2, -0.15) is 5.10 Å². The fourth-order valence-electron chi connectivity index (χ4n) is 4.70. The first-order valence-electron chi connectivity index (χ1n) is 12.2. The molecule has 1 unspecified atom stereocenters. The second-order valence-electron chi connectivity index (χ2n) is 9.17. The Labute approximate surface area is 210 Å². The largest absolute Gasteiger partial charge is 0.369 e. The van der Waals surface area contributed by atoms with Crippen molar-refractivity contribution in [2.45, 2.75) is 19.4 Å². The first-order chi connectivity index (χ1) is 17.6. The number of hydrogen-bond acceptors (Lipinski definition) is 4. The van der Waals surface area contributed by atoms with Gasteiger partial charge in [-0.05, 0) is 61.3 Å². The van der Waals surface area contributed by atoms with E-state index in [1.165, 1.54) is 0 Å². The lowest BCUT2D eigenvalue weighted by molar-refractivity contribution is -0.123. The summed E-state index contributed by atoms with van der Waals surface area (Å²) >= 11 is 0. The highest BCUT2D eigenvalue weighted by Crippen LogP contribution is 2.23. The van der Waals surface area contributed by atoms with Crippen molar-refractivity contribution < 1.29 is 9.59 Å². The molecule has 2 heterocycles. The molecular weight excluding hydrogens is 450 g/mol. The van der Waals surface area contributed by atoms with E-state index in [1.54, 1.807) is 12.3 Å². The maximum absolute atomic E-state index is 13.0. The molecule has 1 atom stereocenters. The van der Waals surface area contributed by atoms with Crippen molar-refractivity contribution in [2.24, 2.45) is 11.7 Å². The van der Waals surface area contributed by atoms with Gasteiger partial charge in [0.1, 0.15) is 0 Å². The fraction of sp³-hybridized carbons (Fsp3) is 0.207. The first-order valence-corrected chi connectivity index (χ1v) is 12.2. The third-order valence-electron chi connectivity index (χ3n) is 6.59. The molecule has 3 N–H and O–H groups in total. The van der Waals surface area contributed by atoms with Crippen molar-refractivity contribution in [1.29, 1.82) is 0 Å². The summed E-state index contributed by atoms with van der Waals surface area (Å²) < 4.78 is 1.84. The van der Waals surface area contributed by atoms with Crippen molar-refractivity contribution in [1.82, 2.24) is 14.7 Å². The lowest BCUT2D eigenvalue weighted by atomic mass is 9.97. The summed E-state index contributed by atoms with van der Waals surface area (Å²) in [6, 6.07) is 27.3. The van der Waals surface area contributed by atoms with Crippen LogP contribution in [0.25, 0.3) is 16.9 Å². The van der Waals surface area contributed by atoms with Gasteiger partial charge in [0.15, 0.2) is 0 Å². The second kappa shape index (κ2) is 10.6. The zero-order valence-electron chi connectivity index (χ0n) is 20.0. The van der Waals surface area contributed by atoms with Crippen molar-refractivity contribution in [3.05, 3.63) is 102 Å². The number of piperidine rings is 1. The van der Waals surface area contributed by atoms with E-state index < -0.39 is 0 Å². The molecule has 1 aliphatic rings. The summed E-state index contributed by atoms with van der Waals surface area (Å²) in [6.07, 6.45) is 3.60. The molecular formula is C29H29N5O2. The Morgan fingerprint density at radius 1 is 0.972 bits per heavy atom. The Morgan fingerprint density at radius 2 is 1.78 bits per heavy atom. The second-order valence-corrected chi connectivity index (χ2v) is 9.17. The van der Waals surface area contributed by atoms with E-state index in [4.69, 9.17) is 5.73 Å². The van der Waals surface area contributed by atoms with Crippen LogP contribution in [-0.4, -0.2) is 39.6 Å². The monoisotopic (exact) mass is 479 g/mol. The van der Waals surface area contributed by atoms with Crippen LogP contribution in [0, 0.1) is 5.92 Å². The number of nitrogens with zero attached hydrogens (tertiary/aromatic N) is 3. The van der Waals surface area contributed by atoms with Gasteiger partial charge >= 0.3 is 0 Å². The van der Waals surface area contributed by atoms with Gasteiger partial charge in [0.05, 0.1) is 23.5 Å².